The lowest BCUT2D eigenvalue weighted by Gasteiger charge is -2.40. The number of phenols is 1. The van der Waals surface area contributed by atoms with E-state index in [0.717, 1.165) is 5.01 Å². The number of hydrazine groups is 1. The van der Waals surface area contributed by atoms with Crippen LogP contribution in [0.5, 0.6) is 11.5 Å². The molecule has 2 heterocycles. The van der Waals surface area contributed by atoms with Gasteiger partial charge in [0.15, 0.2) is 11.5 Å². The van der Waals surface area contributed by atoms with Gasteiger partial charge in [0.1, 0.15) is 11.9 Å². The highest BCUT2D eigenvalue weighted by Gasteiger charge is 2.42. The van der Waals surface area contributed by atoms with Crippen molar-refractivity contribution < 1.29 is 19.4 Å². The smallest absolute Gasteiger partial charge is 0.266 e. The largest absolute Gasteiger partial charge is 0.504 e. The number of phenolic OH excluding ortho intramolecular Hbond substituents is 1. The Morgan fingerprint density at radius 1 is 1.14 bits per heavy atom. The molecule has 2 amide bonds. The number of β-lactam (4-membered cyclic amide) rings is 1. The van der Waals surface area contributed by atoms with Crippen LogP contribution in [-0.4, -0.2) is 38.6 Å². The van der Waals surface area contributed by atoms with Crippen molar-refractivity contribution in [1.29, 1.82) is 0 Å². The van der Waals surface area contributed by atoms with Crippen molar-refractivity contribution >= 4 is 40.4 Å². The number of nitrogens with zero attached hydrogens (tertiary/aromatic N) is 3. The minimum absolute atomic E-state index is 0.0226. The zero-order valence-corrected chi connectivity index (χ0v) is 20.3. The molecule has 1 aliphatic rings. The first-order valence-electron chi connectivity index (χ1n) is 11.3. The maximum Gasteiger partial charge on any atom is 0.266 e. The summed E-state index contributed by atoms with van der Waals surface area (Å²) in [6, 6.07) is 17.7. The van der Waals surface area contributed by atoms with Crippen molar-refractivity contribution in [1.82, 2.24) is 20.0 Å². The number of fused-ring (bicyclic) bond motifs is 1. The number of nitrogens with one attached hydrogen (secondary N) is 1. The van der Waals surface area contributed by atoms with Gasteiger partial charge in [0.2, 0.25) is 5.91 Å². The Bertz CT molecular complexity index is 1630. The normalized spacial score (nSPS) is 15.1. The fourth-order valence-corrected chi connectivity index (χ4v) is 4.35. The number of rotatable bonds is 6. The summed E-state index contributed by atoms with van der Waals surface area (Å²) in [7, 11) is 1.42. The highest BCUT2D eigenvalue weighted by atomic mass is 35.5. The van der Waals surface area contributed by atoms with Crippen LogP contribution < -0.4 is 15.7 Å². The minimum Gasteiger partial charge on any atom is -0.504 e. The number of carbonyl (C=O) groups is 2. The molecule has 5 rings (SSSR count). The molecule has 3 aromatic carbocycles. The number of methoxy groups -OCH3 is 1. The number of amides is 2. The van der Waals surface area contributed by atoms with Crippen LogP contribution in [-0.2, 0) is 9.59 Å². The second kappa shape index (κ2) is 9.79. The highest BCUT2D eigenvalue weighted by molar-refractivity contribution is 6.32. The molecule has 1 atom stereocenters. The fourth-order valence-electron chi connectivity index (χ4n) is 4.13. The predicted molar refractivity (Wildman–Crippen MR) is 138 cm³/mol. The van der Waals surface area contributed by atoms with Crippen LogP contribution in [0.1, 0.15) is 23.9 Å². The van der Waals surface area contributed by atoms with E-state index >= 15 is 0 Å². The molecule has 186 valence electrons. The Labute approximate surface area is 216 Å². The van der Waals surface area contributed by atoms with Crippen LogP contribution in [0.25, 0.3) is 22.7 Å². The molecule has 1 fully saturated rings. The summed E-state index contributed by atoms with van der Waals surface area (Å²) in [6.07, 6.45) is 2.82. The third kappa shape index (κ3) is 4.52. The molecule has 0 spiro atoms. The number of hydrogen-bond donors (Lipinski definition) is 2. The Hall–Kier alpha value is -4.63. The standard InChI is InChI=1S/C27H21ClN4O5/c1-37-23-14-16(10-12-22(23)33)11-13-24(34)30-32-21(15-25(32)35)26-29-19-8-4-2-6-17(19)27(36)31(26)20-9-5-3-7-18(20)28/h2-14,21,33H,15H2,1H3,(H,30,34)/b13-11+. The van der Waals surface area contributed by atoms with Crippen molar-refractivity contribution in [3.05, 3.63) is 99.6 Å². The van der Waals surface area contributed by atoms with Gasteiger partial charge in [-0.25, -0.2) is 9.99 Å². The maximum absolute atomic E-state index is 13.5. The third-order valence-corrected chi connectivity index (χ3v) is 6.32. The Balaban J connectivity index is 1.48. The van der Waals surface area contributed by atoms with E-state index in [4.69, 9.17) is 21.3 Å². The average Bonchev–Trinajstić information content (AvgIpc) is 2.90. The van der Waals surface area contributed by atoms with Crippen molar-refractivity contribution in [2.45, 2.75) is 12.5 Å². The Kier molecular flexibility index (Phi) is 6.37. The van der Waals surface area contributed by atoms with Crippen LogP contribution in [0, 0.1) is 0 Å². The number of aromatic nitrogens is 2. The van der Waals surface area contributed by atoms with Gasteiger partial charge in [0.05, 0.1) is 35.1 Å². The highest BCUT2D eigenvalue weighted by Crippen LogP contribution is 2.34. The van der Waals surface area contributed by atoms with Crippen molar-refractivity contribution in [3.8, 4) is 17.2 Å². The minimum atomic E-state index is -0.688. The third-order valence-electron chi connectivity index (χ3n) is 6.00. The quantitative estimate of drug-likeness (QED) is 0.298. The topological polar surface area (TPSA) is 114 Å². The molecule has 1 unspecified atom stereocenters. The SMILES string of the molecule is COc1cc(/C=C/C(=O)NN2C(=O)CC2c2nc3ccccc3c(=O)n2-c2ccccc2Cl)ccc1O. The van der Waals surface area contributed by atoms with Gasteiger partial charge in [0, 0.05) is 6.08 Å². The zero-order chi connectivity index (χ0) is 26.1. The Morgan fingerprint density at radius 2 is 1.89 bits per heavy atom. The fraction of sp³-hybridized carbons (Fsp3) is 0.111. The zero-order valence-electron chi connectivity index (χ0n) is 19.6. The molecule has 0 radical (unpaired) electrons. The van der Waals surface area contributed by atoms with E-state index in [9.17, 15) is 19.5 Å². The molecule has 4 aromatic rings. The van der Waals surface area contributed by atoms with E-state index in [0.29, 0.717) is 27.2 Å². The molecule has 9 nitrogen and oxygen atoms in total. The van der Waals surface area contributed by atoms with Gasteiger partial charge in [-0.3, -0.25) is 24.4 Å². The molecule has 10 heteroatoms. The first-order chi connectivity index (χ1) is 17.9. The molecule has 1 aliphatic heterocycles. The first-order valence-corrected chi connectivity index (χ1v) is 11.7. The number of benzene rings is 3. The number of hydrogen-bond acceptors (Lipinski definition) is 6. The predicted octanol–water partition coefficient (Wildman–Crippen LogP) is 3.77. The number of aromatic hydroxyl groups is 1. The monoisotopic (exact) mass is 516 g/mol. The number of halogens is 1. The molecule has 37 heavy (non-hydrogen) atoms. The second-order valence-electron chi connectivity index (χ2n) is 8.30. The van der Waals surface area contributed by atoms with Crippen LogP contribution in [0.15, 0.2) is 77.6 Å². The van der Waals surface area contributed by atoms with E-state index in [-0.39, 0.29) is 35.2 Å². The lowest BCUT2D eigenvalue weighted by atomic mass is 10.0. The molecule has 1 aromatic heterocycles. The van der Waals surface area contributed by atoms with Gasteiger partial charge in [-0.05, 0) is 48.0 Å². The molecular weight excluding hydrogens is 496 g/mol. The summed E-state index contributed by atoms with van der Waals surface area (Å²) >= 11 is 6.43. The van der Waals surface area contributed by atoms with Gasteiger partial charge in [-0.1, -0.05) is 41.9 Å². The summed E-state index contributed by atoms with van der Waals surface area (Å²) in [4.78, 5) is 43.4. The molecule has 2 N–H and O–H groups in total. The van der Waals surface area contributed by atoms with Gasteiger partial charge < -0.3 is 9.84 Å². The van der Waals surface area contributed by atoms with E-state index in [1.807, 2.05) is 0 Å². The van der Waals surface area contributed by atoms with Crippen molar-refractivity contribution in [3.63, 3.8) is 0 Å². The van der Waals surface area contributed by atoms with Crippen molar-refractivity contribution in [2.24, 2.45) is 0 Å². The summed E-state index contributed by atoms with van der Waals surface area (Å²) in [5.74, 6) is -0.362. The molecule has 0 aliphatic carbocycles. The molecule has 0 saturated carbocycles. The summed E-state index contributed by atoms with van der Waals surface area (Å²) < 4.78 is 6.46. The van der Waals surface area contributed by atoms with E-state index in [2.05, 4.69) is 5.43 Å². The van der Waals surface area contributed by atoms with E-state index in [1.54, 1.807) is 60.7 Å². The molecular formula is C27H21ClN4O5. The summed E-state index contributed by atoms with van der Waals surface area (Å²) in [5, 5.41) is 11.6. The van der Waals surface area contributed by atoms with Gasteiger partial charge in [0.25, 0.3) is 11.5 Å². The van der Waals surface area contributed by atoms with Crippen LogP contribution >= 0.6 is 11.6 Å². The number of para-hydroxylation sites is 2. The summed E-state index contributed by atoms with van der Waals surface area (Å²) in [6.45, 7) is 0. The molecule has 1 saturated heterocycles. The number of ether oxygens (including phenoxy) is 1. The van der Waals surface area contributed by atoms with Gasteiger partial charge in [-0.15, -0.1) is 0 Å². The van der Waals surface area contributed by atoms with Gasteiger partial charge in [-0.2, -0.15) is 0 Å². The lowest BCUT2D eigenvalue weighted by molar-refractivity contribution is -0.156. The molecule has 0 bridgehead atoms. The van der Waals surface area contributed by atoms with E-state index in [1.165, 1.54) is 29.9 Å². The van der Waals surface area contributed by atoms with E-state index < -0.39 is 11.9 Å². The lowest BCUT2D eigenvalue weighted by Crippen LogP contribution is -2.57. The van der Waals surface area contributed by atoms with Gasteiger partial charge >= 0.3 is 0 Å². The van der Waals surface area contributed by atoms with Crippen LogP contribution in [0.2, 0.25) is 5.02 Å². The van der Waals surface area contributed by atoms with Crippen LogP contribution in [0.3, 0.4) is 0 Å². The first kappa shape index (κ1) is 24.1. The number of carbonyl (C=O) groups excluding carboxylic acids is 2. The summed E-state index contributed by atoms with van der Waals surface area (Å²) in [5.41, 5.74) is 3.75. The second-order valence-corrected chi connectivity index (χ2v) is 8.71. The van der Waals surface area contributed by atoms with Crippen LogP contribution in [0.4, 0.5) is 0 Å². The maximum atomic E-state index is 13.5. The Morgan fingerprint density at radius 3 is 2.65 bits per heavy atom. The van der Waals surface area contributed by atoms with Crippen molar-refractivity contribution in [2.75, 3.05) is 7.11 Å². The average molecular weight is 517 g/mol.